The van der Waals surface area contributed by atoms with Crippen molar-refractivity contribution in [1.82, 2.24) is 0 Å². The molecule has 2 aliphatic rings. The first-order valence-corrected chi connectivity index (χ1v) is 14.1. The molecule has 2 aliphatic carbocycles. The lowest BCUT2D eigenvalue weighted by Gasteiger charge is -2.24. The zero-order valence-electron chi connectivity index (χ0n) is 23.3. The summed E-state index contributed by atoms with van der Waals surface area (Å²) < 4.78 is 0. The number of aryl methyl sites for hydroxylation is 1. The Bertz CT molecular complexity index is 2020. The molecule has 0 saturated carbocycles. The topological polar surface area (TPSA) is 0 Å². The summed E-state index contributed by atoms with van der Waals surface area (Å²) in [7, 11) is 0. The molecule has 0 bridgehead atoms. The van der Waals surface area contributed by atoms with Gasteiger partial charge in [-0.05, 0) is 108 Å². The van der Waals surface area contributed by atoms with Gasteiger partial charge in [0.05, 0.1) is 0 Å². The summed E-state index contributed by atoms with van der Waals surface area (Å²) in [6.45, 7) is 11.8. The maximum absolute atomic E-state index is 2.52. The normalized spacial score (nSPS) is 15.7. The van der Waals surface area contributed by atoms with Gasteiger partial charge in [0, 0.05) is 10.8 Å². The molecule has 0 nitrogen and oxygen atoms in total. The molecule has 0 aliphatic heterocycles. The summed E-state index contributed by atoms with van der Waals surface area (Å²) in [4.78, 5) is 0. The average molecular weight is 501 g/mol. The first-order chi connectivity index (χ1) is 18.8. The molecular weight excluding hydrogens is 468 g/mol. The molecule has 0 saturated heterocycles. The second-order valence-corrected chi connectivity index (χ2v) is 12.6. The van der Waals surface area contributed by atoms with Gasteiger partial charge in [-0.1, -0.05) is 113 Å². The van der Waals surface area contributed by atoms with Crippen LogP contribution in [0, 0.1) is 6.92 Å². The van der Waals surface area contributed by atoms with E-state index in [-0.39, 0.29) is 10.8 Å². The molecule has 0 aromatic heterocycles. The van der Waals surface area contributed by atoms with E-state index in [1.165, 1.54) is 82.7 Å². The minimum atomic E-state index is -0.0293. The lowest BCUT2D eigenvalue weighted by Crippen LogP contribution is -2.15. The summed E-state index contributed by atoms with van der Waals surface area (Å²) in [5.41, 5.74) is 15.2. The predicted molar refractivity (Wildman–Crippen MR) is 167 cm³/mol. The maximum atomic E-state index is 2.52. The van der Waals surface area contributed by atoms with Crippen LogP contribution in [0.2, 0.25) is 0 Å². The molecule has 6 aromatic carbocycles. The number of hydrogen-bond acceptors (Lipinski definition) is 0. The van der Waals surface area contributed by atoms with Crippen molar-refractivity contribution in [2.45, 2.75) is 45.4 Å². The second kappa shape index (κ2) is 7.48. The maximum Gasteiger partial charge on any atom is 0.0159 e. The van der Waals surface area contributed by atoms with Crippen LogP contribution in [0.15, 0.2) is 103 Å². The number of fused-ring (bicyclic) bond motifs is 8. The van der Waals surface area contributed by atoms with E-state index < -0.39 is 0 Å². The van der Waals surface area contributed by atoms with Gasteiger partial charge in [-0.2, -0.15) is 0 Å². The fourth-order valence-electron chi connectivity index (χ4n) is 7.75. The molecule has 0 atom stereocenters. The van der Waals surface area contributed by atoms with Crippen LogP contribution in [0.3, 0.4) is 0 Å². The van der Waals surface area contributed by atoms with E-state index in [9.17, 15) is 0 Å². The molecule has 0 radical (unpaired) electrons. The van der Waals surface area contributed by atoms with E-state index in [0.717, 1.165) is 0 Å². The fraction of sp³-hybridized carbons (Fsp3) is 0.179. The molecule has 0 amide bonds. The van der Waals surface area contributed by atoms with Crippen LogP contribution in [0.25, 0.3) is 54.9 Å². The second-order valence-electron chi connectivity index (χ2n) is 12.6. The molecule has 0 heterocycles. The van der Waals surface area contributed by atoms with E-state index in [1.807, 2.05) is 0 Å². The van der Waals surface area contributed by atoms with Gasteiger partial charge in [0.15, 0.2) is 0 Å². The van der Waals surface area contributed by atoms with E-state index in [4.69, 9.17) is 0 Å². The molecular formula is C39H32. The SMILES string of the molecule is Cc1c2ccccc2c(-c2ccc3c(c2)C(C)(C)c2ccccc2-3)c2cc3c(cc12)-c1ccccc1C3(C)C. The molecule has 6 aromatic rings. The Labute approximate surface area is 231 Å². The highest BCUT2D eigenvalue weighted by Crippen LogP contribution is 2.53. The van der Waals surface area contributed by atoms with E-state index in [2.05, 4.69) is 138 Å². The van der Waals surface area contributed by atoms with E-state index in [1.54, 1.807) is 0 Å². The summed E-state index contributed by atoms with van der Waals surface area (Å²) in [5, 5.41) is 5.40. The van der Waals surface area contributed by atoms with Crippen LogP contribution in [0.4, 0.5) is 0 Å². The quantitative estimate of drug-likeness (QED) is 0.197. The Hall–Kier alpha value is -4.16. The van der Waals surface area contributed by atoms with Crippen molar-refractivity contribution in [1.29, 1.82) is 0 Å². The van der Waals surface area contributed by atoms with Gasteiger partial charge in [0.25, 0.3) is 0 Å². The predicted octanol–water partition coefficient (Wildman–Crippen LogP) is 10.6. The van der Waals surface area contributed by atoms with Crippen LogP contribution in [0.1, 0.15) is 55.5 Å². The van der Waals surface area contributed by atoms with Gasteiger partial charge in [-0.25, -0.2) is 0 Å². The van der Waals surface area contributed by atoms with Crippen molar-refractivity contribution < 1.29 is 0 Å². The fourth-order valence-corrected chi connectivity index (χ4v) is 7.75. The Morgan fingerprint density at radius 1 is 0.410 bits per heavy atom. The van der Waals surface area contributed by atoms with Gasteiger partial charge in [-0.3, -0.25) is 0 Å². The molecule has 0 fully saturated rings. The Balaban J connectivity index is 1.48. The van der Waals surface area contributed by atoms with Crippen LogP contribution < -0.4 is 0 Å². The molecule has 0 N–H and O–H groups in total. The Morgan fingerprint density at radius 3 is 1.64 bits per heavy atom. The van der Waals surface area contributed by atoms with Crippen LogP contribution in [-0.2, 0) is 10.8 Å². The molecule has 39 heavy (non-hydrogen) atoms. The minimum Gasteiger partial charge on any atom is -0.0619 e. The third-order valence-corrected chi connectivity index (χ3v) is 9.87. The number of benzene rings is 6. The highest BCUT2D eigenvalue weighted by Gasteiger charge is 2.37. The van der Waals surface area contributed by atoms with Crippen molar-refractivity contribution in [3.05, 3.63) is 131 Å². The van der Waals surface area contributed by atoms with Crippen molar-refractivity contribution in [3.8, 4) is 33.4 Å². The van der Waals surface area contributed by atoms with Gasteiger partial charge < -0.3 is 0 Å². The molecule has 0 spiro atoms. The van der Waals surface area contributed by atoms with Crippen molar-refractivity contribution >= 4 is 21.5 Å². The Kier molecular flexibility index (Phi) is 4.37. The van der Waals surface area contributed by atoms with Crippen molar-refractivity contribution in [3.63, 3.8) is 0 Å². The van der Waals surface area contributed by atoms with Crippen LogP contribution in [0.5, 0.6) is 0 Å². The van der Waals surface area contributed by atoms with E-state index >= 15 is 0 Å². The molecule has 0 unspecified atom stereocenters. The van der Waals surface area contributed by atoms with Gasteiger partial charge in [-0.15, -0.1) is 0 Å². The van der Waals surface area contributed by atoms with Crippen LogP contribution in [-0.4, -0.2) is 0 Å². The average Bonchev–Trinajstić information content (AvgIpc) is 3.32. The summed E-state index contributed by atoms with van der Waals surface area (Å²) in [5.74, 6) is 0. The number of rotatable bonds is 1. The molecule has 0 heteroatoms. The third kappa shape index (κ3) is 2.84. The smallest absolute Gasteiger partial charge is 0.0159 e. The minimum absolute atomic E-state index is 0.0247. The highest BCUT2D eigenvalue weighted by atomic mass is 14.4. The monoisotopic (exact) mass is 500 g/mol. The zero-order valence-corrected chi connectivity index (χ0v) is 23.3. The van der Waals surface area contributed by atoms with Crippen LogP contribution >= 0.6 is 0 Å². The van der Waals surface area contributed by atoms with Gasteiger partial charge in [0.2, 0.25) is 0 Å². The van der Waals surface area contributed by atoms with Gasteiger partial charge >= 0.3 is 0 Å². The van der Waals surface area contributed by atoms with E-state index in [0.29, 0.717) is 0 Å². The standard InChI is InChI=1S/C39H32/c1-23-25-12-6-7-15-29(25)37(24-18-19-28-26-13-8-10-16-33(26)38(2,3)35(28)20-24)32-22-36-31(21-30(23)32)27-14-9-11-17-34(27)39(36,4)5/h6-22H,1-5H3. The summed E-state index contributed by atoms with van der Waals surface area (Å²) >= 11 is 0. The lowest BCUT2D eigenvalue weighted by atomic mass is 9.79. The number of hydrogen-bond donors (Lipinski definition) is 0. The summed E-state index contributed by atoms with van der Waals surface area (Å²) in [6.07, 6.45) is 0. The third-order valence-electron chi connectivity index (χ3n) is 9.87. The lowest BCUT2D eigenvalue weighted by molar-refractivity contribution is 0.660. The summed E-state index contributed by atoms with van der Waals surface area (Å²) in [6, 6.07) is 39.1. The highest BCUT2D eigenvalue weighted by molar-refractivity contribution is 6.16. The zero-order chi connectivity index (χ0) is 26.7. The van der Waals surface area contributed by atoms with Gasteiger partial charge in [0.1, 0.15) is 0 Å². The Morgan fingerprint density at radius 2 is 0.949 bits per heavy atom. The molecule has 188 valence electrons. The first kappa shape index (κ1) is 22.8. The largest absolute Gasteiger partial charge is 0.0619 e. The first-order valence-electron chi connectivity index (χ1n) is 14.1. The van der Waals surface area contributed by atoms with Crippen molar-refractivity contribution in [2.24, 2.45) is 0 Å². The van der Waals surface area contributed by atoms with Crippen molar-refractivity contribution in [2.75, 3.05) is 0 Å². The molecule has 8 rings (SSSR count).